The van der Waals surface area contributed by atoms with Gasteiger partial charge in [-0.3, -0.25) is 4.79 Å². The van der Waals surface area contributed by atoms with Crippen LogP contribution in [0.2, 0.25) is 0 Å². The average molecular weight is 185 g/mol. The summed E-state index contributed by atoms with van der Waals surface area (Å²) in [5.74, 6) is -0.0666. The zero-order valence-electron chi connectivity index (χ0n) is 8.55. The van der Waals surface area contributed by atoms with E-state index in [1.54, 1.807) is 4.90 Å². The maximum absolute atomic E-state index is 11.7. The van der Waals surface area contributed by atoms with Crippen LogP contribution in [0.1, 0.15) is 39.5 Å². The van der Waals surface area contributed by atoms with Crippen LogP contribution in [0, 0.1) is 0 Å². The normalized spacial score (nSPS) is 19.3. The maximum atomic E-state index is 11.7. The van der Waals surface area contributed by atoms with Crippen molar-refractivity contribution in [1.29, 1.82) is 0 Å². The summed E-state index contributed by atoms with van der Waals surface area (Å²) in [6.07, 6.45) is 3.22. The average Bonchev–Trinajstić information content (AvgIpc) is 2.09. The van der Waals surface area contributed by atoms with Crippen LogP contribution in [-0.4, -0.2) is 34.6 Å². The summed E-state index contributed by atoms with van der Waals surface area (Å²) >= 11 is 0. The molecule has 3 nitrogen and oxygen atoms in total. The predicted octanol–water partition coefficient (Wildman–Crippen LogP) is 1.16. The van der Waals surface area contributed by atoms with Gasteiger partial charge in [-0.15, -0.1) is 0 Å². The Bertz CT molecular complexity index is 187. The monoisotopic (exact) mass is 185 g/mol. The van der Waals surface area contributed by atoms with Crippen molar-refractivity contribution >= 4 is 5.91 Å². The maximum Gasteiger partial charge on any atom is 0.254 e. The number of likely N-dealkylation sites (N-methyl/N-ethyl adjacent to an activating group) is 1. The first kappa shape index (κ1) is 10.5. The largest absolute Gasteiger partial charge is 0.380 e. The van der Waals surface area contributed by atoms with Gasteiger partial charge in [0, 0.05) is 13.1 Å². The lowest BCUT2D eigenvalue weighted by Crippen LogP contribution is -2.53. The van der Waals surface area contributed by atoms with Crippen molar-refractivity contribution in [1.82, 2.24) is 4.90 Å². The molecule has 3 heteroatoms. The van der Waals surface area contributed by atoms with E-state index in [1.165, 1.54) is 0 Å². The fourth-order valence-electron chi connectivity index (χ4n) is 1.69. The molecule has 0 unspecified atom stereocenters. The van der Waals surface area contributed by atoms with Gasteiger partial charge in [0.25, 0.3) is 5.91 Å². The minimum Gasteiger partial charge on any atom is -0.380 e. The van der Waals surface area contributed by atoms with Crippen molar-refractivity contribution in [3.8, 4) is 0 Å². The summed E-state index contributed by atoms with van der Waals surface area (Å²) < 4.78 is 0. The number of aliphatic hydroxyl groups is 1. The van der Waals surface area contributed by atoms with Gasteiger partial charge >= 0.3 is 0 Å². The van der Waals surface area contributed by atoms with Gasteiger partial charge < -0.3 is 10.0 Å². The van der Waals surface area contributed by atoms with Crippen molar-refractivity contribution in [2.24, 2.45) is 0 Å². The first-order valence-corrected chi connectivity index (χ1v) is 5.16. The molecule has 1 saturated carbocycles. The highest BCUT2D eigenvalue weighted by Gasteiger charge is 2.43. The van der Waals surface area contributed by atoms with E-state index in [1.807, 2.05) is 13.8 Å². The standard InChI is InChI=1S/C10H19NO2/c1-3-8-11(4-2)9(12)10(13)6-5-7-10/h13H,3-8H2,1-2H3. The van der Waals surface area contributed by atoms with Crippen molar-refractivity contribution in [2.75, 3.05) is 13.1 Å². The Balaban J connectivity index is 2.52. The van der Waals surface area contributed by atoms with Crippen LogP contribution in [0.5, 0.6) is 0 Å². The molecule has 0 aromatic rings. The lowest BCUT2D eigenvalue weighted by molar-refractivity contribution is -0.160. The SMILES string of the molecule is CCCN(CC)C(=O)C1(O)CCC1. The highest BCUT2D eigenvalue weighted by molar-refractivity contribution is 5.85. The second kappa shape index (κ2) is 4.09. The number of carbonyl (C=O) groups excluding carboxylic acids is 1. The third-order valence-electron chi connectivity index (χ3n) is 2.74. The van der Waals surface area contributed by atoms with Crippen molar-refractivity contribution < 1.29 is 9.90 Å². The first-order valence-electron chi connectivity index (χ1n) is 5.16. The number of amides is 1. The minimum atomic E-state index is -1.01. The molecule has 13 heavy (non-hydrogen) atoms. The van der Waals surface area contributed by atoms with Gasteiger partial charge in [-0.1, -0.05) is 6.92 Å². The Morgan fingerprint density at radius 3 is 2.38 bits per heavy atom. The molecule has 0 spiro atoms. The van der Waals surface area contributed by atoms with E-state index in [9.17, 15) is 9.90 Å². The molecule has 0 aromatic carbocycles. The van der Waals surface area contributed by atoms with Crippen LogP contribution in [0.3, 0.4) is 0 Å². The lowest BCUT2D eigenvalue weighted by Gasteiger charge is -2.38. The second-order valence-corrected chi connectivity index (χ2v) is 3.77. The third-order valence-corrected chi connectivity index (χ3v) is 2.74. The molecular weight excluding hydrogens is 166 g/mol. The molecule has 1 fully saturated rings. The highest BCUT2D eigenvalue weighted by Crippen LogP contribution is 2.33. The molecule has 0 bridgehead atoms. The van der Waals surface area contributed by atoms with E-state index in [4.69, 9.17) is 0 Å². The van der Waals surface area contributed by atoms with E-state index in [0.29, 0.717) is 19.4 Å². The summed E-state index contributed by atoms with van der Waals surface area (Å²) in [6, 6.07) is 0. The molecular formula is C10H19NO2. The van der Waals surface area contributed by atoms with E-state index in [0.717, 1.165) is 19.4 Å². The van der Waals surface area contributed by atoms with E-state index >= 15 is 0 Å². The molecule has 1 amide bonds. The lowest BCUT2D eigenvalue weighted by atomic mass is 9.79. The van der Waals surface area contributed by atoms with E-state index in [2.05, 4.69) is 0 Å². The Morgan fingerprint density at radius 1 is 1.46 bits per heavy atom. The molecule has 1 rings (SSSR count). The van der Waals surface area contributed by atoms with E-state index < -0.39 is 5.60 Å². The zero-order chi connectivity index (χ0) is 9.90. The molecule has 1 aliphatic carbocycles. The Kier molecular flexibility index (Phi) is 3.31. The Labute approximate surface area is 79.7 Å². The second-order valence-electron chi connectivity index (χ2n) is 3.77. The molecule has 0 atom stereocenters. The van der Waals surface area contributed by atoms with Crippen LogP contribution in [0.4, 0.5) is 0 Å². The van der Waals surface area contributed by atoms with Crippen LogP contribution in [0.15, 0.2) is 0 Å². The molecule has 1 N–H and O–H groups in total. The number of hydrogen-bond donors (Lipinski definition) is 1. The topological polar surface area (TPSA) is 40.5 Å². The first-order chi connectivity index (χ1) is 6.14. The molecule has 0 aromatic heterocycles. The van der Waals surface area contributed by atoms with Crippen LogP contribution < -0.4 is 0 Å². The number of hydrogen-bond acceptors (Lipinski definition) is 2. The van der Waals surface area contributed by atoms with Gasteiger partial charge in [-0.05, 0) is 32.6 Å². The summed E-state index contributed by atoms with van der Waals surface area (Å²) in [6.45, 7) is 5.46. The van der Waals surface area contributed by atoms with Crippen molar-refractivity contribution in [3.05, 3.63) is 0 Å². The van der Waals surface area contributed by atoms with E-state index in [-0.39, 0.29) is 5.91 Å². The molecule has 1 aliphatic rings. The fourth-order valence-corrected chi connectivity index (χ4v) is 1.69. The third kappa shape index (κ3) is 2.02. The Hall–Kier alpha value is -0.570. The van der Waals surface area contributed by atoms with Gasteiger partial charge in [0.1, 0.15) is 5.60 Å². The molecule has 0 heterocycles. The summed E-state index contributed by atoms with van der Waals surface area (Å²) in [5.41, 5.74) is -1.01. The van der Waals surface area contributed by atoms with Crippen molar-refractivity contribution in [2.45, 2.75) is 45.1 Å². The predicted molar refractivity (Wildman–Crippen MR) is 51.3 cm³/mol. The summed E-state index contributed by atoms with van der Waals surface area (Å²) in [4.78, 5) is 13.5. The van der Waals surface area contributed by atoms with Crippen molar-refractivity contribution in [3.63, 3.8) is 0 Å². The smallest absolute Gasteiger partial charge is 0.254 e. The number of carbonyl (C=O) groups is 1. The van der Waals surface area contributed by atoms with Gasteiger partial charge in [0.2, 0.25) is 0 Å². The molecule has 0 radical (unpaired) electrons. The van der Waals surface area contributed by atoms with Gasteiger partial charge in [0.05, 0.1) is 0 Å². The zero-order valence-corrected chi connectivity index (χ0v) is 8.55. The Morgan fingerprint density at radius 2 is 2.08 bits per heavy atom. The van der Waals surface area contributed by atoms with Crippen LogP contribution >= 0.6 is 0 Å². The van der Waals surface area contributed by atoms with Gasteiger partial charge in [-0.25, -0.2) is 0 Å². The fraction of sp³-hybridized carbons (Fsp3) is 0.900. The number of rotatable bonds is 4. The quantitative estimate of drug-likeness (QED) is 0.714. The van der Waals surface area contributed by atoms with Crippen LogP contribution in [-0.2, 0) is 4.79 Å². The molecule has 0 saturated heterocycles. The van der Waals surface area contributed by atoms with Gasteiger partial charge in [0.15, 0.2) is 0 Å². The molecule has 0 aliphatic heterocycles. The summed E-state index contributed by atoms with van der Waals surface area (Å²) in [5, 5.41) is 9.82. The molecule has 76 valence electrons. The minimum absolute atomic E-state index is 0.0666. The van der Waals surface area contributed by atoms with Crippen LogP contribution in [0.25, 0.3) is 0 Å². The van der Waals surface area contributed by atoms with Gasteiger partial charge in [-0.2, -0.15) is 0 Å². The highest BCUT2D eigenvalue weighted by atomic mass is 16.3. The number of nitrogens with zero attached hydrogens (tertiary/aromatic N) is 1. The summed E-state index contributed by atoms with van der Waals surface area (Å²) in [7, 11) is 0.